The Kier molecular flexibility index (Phi) is 4.89. The van der Waals surface area contributed by atoms with E-state index in [4.69, 9.17) is 5.84 Å². The molecule has 0 aliphatic carbocycles. The van der Waals surface area contributed by atoms with Gasteiger partial charge in [0.25, 0.3) is 5.91 Å². The first-order valence-electron chi connectivity index (χ1n) is 5.78. The minimum atomic E-state index is -0.633. The van der Waals surface area contributed by atoms with Crippen molar-refractivity contribution < 1.29 is 9.72 Å². The lowest BCUT2D eigenvalue weighted by Crippen LogP contribution is -2.24. The third-order valence-corrected chi connectivity index (χ3v) is 4.36. The Hall–Kier alpha value is -1.97. The van der Waals surface area contributed by atoms with Crippen LogP contribution in [0.1, 0.15) is 15.2 Å². The number of nitrogen functional groups attached to an aromatic ring is 1. The van der Waals surface area contributed by atoms with Gasteiger partial charge in [-0.25, -0.2) is 0 Å². The summed E-state index contributed by atoms with van der Waals surface area (Å²) in [5.74, 6) is 4.71. The van der Waals surface area contributed by atoms with Crippen LogP contribution in [-0.4, -0.2) is 10.8 Å². The Bertz CT molecular complexity index is 689. The SMILES string of the molecule is NNc1cccc(C(=O)NCc2cc(Br)cs2)c1[N+](=O)[O-]. The van der Waals surface area contributed by atoms with Gasteiger partial charge >= 0.3 is 5.69 Å². The van der Waals surface area contributed by atoms with Gasteiger partial charge in [-0.05, 0) is 34.1 Å². The number of thiophene rings is 1. The molecule has 0 radical (unpaired) electrons. The molecule has 4 N–H and O–H groups in total. The van der Waals surface area contributed by atoms with Crippen molar-refractivity contribution in [3.63, 3.8) is 0 Å². The van der Waals surface area contributed by atoms with Gasteiger partial charge in [-0.2, -0.15) is 0 Å². The molecular weight excluding hydrogens is 360 g/mol. The summed E-state index contributed by atoms with van der Waals surface area (Å²) in [6.45, 7) is 0.298. The Balaban J connectivity index is 2.20. The van der Waals surface area contributed by atoms with Gasteiger partial charge < -0.3 is 10.7 Å². The normalized spacial score (nSPS) is 10.2. The lowest BCUT2D eigenvalue weighted by atomic mass is 10.1. The average Bonchev–Trinajstić information content (AvgIpc) is 2.89. The smallest absolute Gasteiger partial charge is 0.306 e. The number of para-hydroxylation sites is 1. The third-order valence-electron chi connectivity index (χ3n) is 2.66. The lowest BCUT2D eigenvalue weighted by Gasteiger charge is -2.07. The number of nitrogens with one attached hydrogen (secondary N) is 2. The standard InChI is InChI=1S/C12H11BrN4O3S/c13-7-4-8(21-6-7)5-15-12(18)9-2-1-3-10(16-14)11(9)17(19)20/h1-4,6,16H,5,14H2,(H,15,18). The van der Waals surface area contributed by atoms with Crippen LogP contribution in [-0.2, 0) is 6.54 Å². The van der Waals surface area contributed by atoms with Crippen LogP contribution in [0.15, 0.2) is 34.1 Å². The van der Waals surface area contributed by atoms with Crippen LogP contribution in [0.25, 0.3) is 0 Å². The van der Waals surface area contributed by atoms with Gasteiger partial charge in [0, 0.05) is 14.7 Å². The quantitative estimate of drug-likeness (QED) is 0.425. The van der Waals surface area contributed by atoms with Gasteiger partial charge in [-0.15, -0.1) is 11.3 Å². The number of benzene rings is 1. The molecular formula is C12H11BrN4O3S. The van der Waals surface area contributed by atoms with Crippen LogP contribution in [0.2, 0.25) is 0 Å². The molecule has 0 aliphatic heterocycles. The minimum absolute atomic E-state index is 0.0360. The summed E-state index contributed by atoms with van der Waals surface area (Å²) in [7, 11) is 0. The number of nitro groups is 1. The van der Waals surface area contributed by atoms with Crippen LogP contribution in [0.4, 0.5) is 11.4 Å². The molecule has 0 atom stereocenters. The minimum Gasteiger partial charge on any atom is -0.347 e. The van der Waals surface area contributed by atoms with E-state index in [1.165, 1.54) is 29.5 Å². The number of nitrogens with two attached hydrogens (primary N) is 1. The molecule has 1 aromatic heterocycles. The second kappa shape index (κ2) is 6.66. The highest BCUT2D eigenvalue weighted by Crippen LogP contribution is 2.28. The van der Waals surface area contributed by atoms with Gasteiger partial charge in [-0.1, -0.05) is 6.07 Å². The maximum atomic E-state index is 12.1. The van der Waals surface area contributed by atoms with Crippen LogP contribution in [0.3, 0.4) is 0 Å². The molecule has 2 rings (SSSR count). The molecule has 1 heterocycles. The van der Waals surface area contributed by atoms with Crippen LogP contribution in [0.5, 0.6) is 0 Å². The fourth-order valence-electron chi connectivity index (χ4n) is 1.75. The number of hydrogen-bond acceptors (Lipinski definition) is 6. The van der Waals surface area contributed by atoms with Gasteiger partial charge in [-0.3, -0.25) is 20.8 Å². The maximum absolute atomic E-state index is 12.1. The van der Waals surface area contributed by atoms with E-state index < -0.39 is 10.8 Å². The monoisotopic (exact) mass is 370 g/mol. The predicted octanol–water partition coefficient (Wildman–Crippen LogP) is 2.63. The first-order chi connectivity index (χ1) is 10.0. The number of amides is 1. The number of nitrogens with zero attached hydrogens (tertiary/aromatic N) is 1. The Morgan fingerprint density at radius 1 is 1.48 bits per heavy atom. The van der Waals surface area contributed by atoms with Crippen molar-refractivity contribution in [2.24, 2.45) is 5.84 Å². The number of carbonyl (C=O) groups excluding carboxylic acids is 1. The van der Waals surface area contributed by atoms with Crippen LogP contribution < -0.4 is 16.6 Å². The zero-order chi connectivity index (χ0) is 15.4. The third kappa shape index (κ3) is 3.57. The average molecular weight is 371 g/mol. The van der Waals surface area contributed by atoms with E-state index in [0.29, 0.717) is 6.54 Å². The fourth-order valence-corrected chi connectivity index (χ4v) is 3.14. The largest absolute Gasteiger partial charge is 0.347 e. The number of rotatable bonds is 5. The molecule has 21 heavy (non-hydrogen) atoms. The summed E-state index contributed by atoms with van der Waals surface area (Å²) in [6, 6.07) is 6.22. The molecule has 0 bridgehead atoms. The van der Waals surface area contributed by atoms with E-state index in [-0.39, 0.29) is 16.9 Å². The summed E-state index contributed by atoms with van der Waals surface area (Å²) in [6.07, 6.45) is 0. The number of hydrogen-bond donors (Lipinski definition) is 3. The molecule has 0 unspecified atom stereocenters. The lowest BCUT2D eigenvalue weighted by molar-refractivity contribution is -0.384. The molecule has 0 spiro atoms. The van der Waals surface area contributed by atoms with Gasteiger partial charge in [0.2, 0.25) is 0 Å². The van der Waals surface area contributed by atoms with E-state index >= 15 is 0 Å². The van der Waals surface area contributed by atoms with Crippen molar-refractivity contribution in [3.8, 4) is 0 Å². The van der Waals surface area contributed by atoms with Crippen molar-refractivity contribution in [3.05, 3.63) is 54.7 Å². The van der Waals surface area contributed by atoms with Crippen molar-refractivity contribution in [2.45, 2.75) is 6.54 Å². The highest BCUT2D eigenvalue weighted by atomic mass is 79.9. The zero-order valence-corrected chi connectivity index (χ0v) is 13.0. The fraction of sp³-hybridized carbons (Fsp3) is 0.0833. The van der Waals surface area contributed by atoms with E-state index in [2.05, 4.69) is 26.7 Å². The molecule has 1 aromatic carbocycles. The summed E-state index contributed by atoms with van der Waals surface area (Å²) >= 11 is 4.80. The van der Waals surface area contributed by atoms with Gasteiger partial charge in [0.1, 0.15) is 11.3 Å². The Morgan fingerprint density at radius 2 is 2.24 bits per heavy atom. The van der Waals surface area contributed by atoms with Crippen molar-refractivity contribution in [1.29, 1.82) is 0 Å². The summed E-state index contributed by atoms with van der Waals surface area (Å²) in [5.41, 5.74) is 1.93. The number of anilines is 1. The molecule has 2 aromatic rings. The second-order valence-electron chi connectivity index (χ2n) is 4.02. The molecule has 0 saturated carbocycles. The zero-order valence-electron chi connectivity index (χ0n) is 10.6. The highest BCUT2D eigenvalue weighted by molar-refractivity contribution is 9.10. The van der Waals surface area contributed by atoms with Crippen molar-refractivity contribution in [2.75, 3.05) is 5.43 Å². The predicted molar refractivity (Wildman–Crippen MR) is 84.1 cm³/mol. The van der Waals surface area contributed by atoms with Crippen LogP contribution in [0, 0.1) is 10.1 Å². The molecule has 110 valence electrons. The molecule has 0 fully saturated rings. The van der Waals surface area contributed by atoms with E-state index in [1.54, 1.807) is 0 Å². The van der Waals surface area contributed by atoms with Gasteiger partial charge in [0.05, 0.1) is 11.5 Å². The topological polar surface area (TPSA) is 110 Å². The maximum Gasteiger partial charge on any atom is 0.306 e. The molecule has 0 saturated heterocycles. The Morgan fingerprint density at radius 3 is 2.81 bits per heavy atom. The van der Waals surface area contributed by atoms with Gasteiger partial charge in [0.15, 0.2) is 0 Å². The number of nitro benzene ring substituents is 1. The summed E-state index contributed by atoms with van der Waals surface area (Å²) < 4.78 is 0.928. The van der Waals surface area contributed by atoms with Crippen LogP contribution >= 0.6 is 27.3 Å². The van der Waals surface area contributed by atoms with Crippen molar-refractivity contribution >= 4 is 44.5 Å². The molecule has 1 amide bonds. The summed E-state index contributed by atoms with van der Waals surface area (Å²) in [5, 5.41) is 15.7. The highest BCUT2D eigenvalue weighted by Gasteiger charge is 2.23. The summed E-state index contributed by atoms with van der Waals surface area (Å²) in [4.78, 5) is 23.5. The van der Waals surface area contributed by atoms with E-state index in [1.807, 2.05) is 11.4 Å². The molecule has 9 heteroatoms. The molecule has 0 aliphatic rings. The van der Waals surface area contributed by atoms with E-state index in [9.17, 15) is 14.9 Å². The second-order valence-corrected chi connectivity index (χ2v) is 5.93. The number of hydrazine groups is 1. The number of carbonyl (C=O) groups is 1. The first kappa shape index (κ1) is 15.4. The Labute approximate surface area is 132 Å². The molecule has 7 nitrogen and oxygen atoms in total. The van der Waals surface area contributed by atoms with E-state index in [0.717, 1.165) is 9.35 Å². The van der Waals surface area contributed by atoms with Crippen molar-refractivity contribution in [1.82, 2.24) is 5.32 Å². The number of halogens is 1. The first-order valence-corrected chi connectivity index (χ1v) is 7.45.